The molecule has 0 radical (unpaired) electrons. The zero-order chi connectivity index (χ0) is 8.85. The molecule has 1 unspecified atom stereocenters. The molecule has 0 fully saturated rings. The molecule has 66 valence electrons. The third-order valence-electron chi connectivity index (χ3n) is 2.17. The molecule has 0 aliphatic heterocycles. The standard InChI is InChI=1S/C10H21N/c1-6-10(7-2)11-9(5)8(3)4/h8-9H,6-7H2,1-5H3. The molecular formula is C10H21N. The Kier molecular flexibility index (Phi) is 5.18. The number of rotatable bonds is 4. The molecule has 1 heteroatoms. The predicted octanol–water partition coefficient (Wildman–Crippen LogP) is 3.29. The fraction of sp³-hybridized carbons (Fsp3) is 0.900. The maximum Gasteiger partial charge on any atom is 0.0493 e. The summed E-state index contributed by atoms with van der Waals surface area (Å²) >= 11 is 0. The van der Waals surface area contributed by atoms with Crippen LogP contribution in [0, 0.1) is 5.92 Å². The Morgan fingerprint density at radius 3 is 1.82 bits per heavy atom. The normalized spacial score (nSPS) is 13.3. The first-order valence-electron chi connectivity index (χ1n) is 4.67. The Bertz CT molecular complexity index is 119. The van der Waals surface area contributed by atoms with E-state index in [0.29, 0.717) is 12.0 Å². The summed E-state index contributed by atoms with van der Waals surface area (Å²) in [7, 11) is 0. The Labute approximate surface area is 70.9 Å². The lowest BCUT2D eigenvalue weighted by molar-refractivity contribution is 0.529. The Balaban J connectivity index is 4.03. The summed E-state index contributed by atoms with van der Waals surface area (Å²) in [4.78, 5) is 4.63. The maximum absolute atomic E-state index is 4.63. The highest BCUT2D eigenvalue weighted by Gasteiger charge is 2.04. The summed E-state index contributed by atoms with van der Waals surface area (Å²) in [6.07, 6.45) is 2.21. The van der Waals surface area contributed by atoms with Gasteiger partial charge in [0.15, 0.2) is 0 Å². The molecule has 0 amide bonds. The summed E-state index contributed by atoms with van der Waals surface area (Å²) in [6.45, 7) is 11.0. The molecule has 11 heavy (non-hydrogen) atoms. The zero-order valence-corrected chi connectivity index (χ0v) is 8.52. The van der Waals surface area contributed by atoms with Gasteiger partial charge in [-0.1, -0.05) is 27.7 Å². The lowest BCUT2D eigenvalue weighted by Gasteiger charge is -2.12. The molecule has 0 saturated heterocycles. The number of nitrogens with zero attached hydrogens (tertiary/aromatic N) is 1. The molecule has 0 heterocycles. The summed E-state index contributed by atoms with van der Waals surface area (Å²) < 4.78 is 0. The third-order valence-corrected chi connectivity index (χ3v) is 2.17. The van der Waals surface area contributed by atoms with Crippen molar-refractivity contribution < 1.29 is 0 Å². The Morgan fingerprint density at radius 2 is 1.55 bits per heavy atom. The smallest absolute Gasteiger partial charge is 0.0493 e. The van der Waals surface area contributed by atoms with Crippen molar-refractivity contribution in [3.05, 3.63) is 0 Å². The second-order valence-corrected chi connectivity index (χ2v) is 3.39. The molecule has 0 bridgehead atoms. The molecule has 1 atom stereocenters. The van der Waals surface area contributed by atoms with Gasteiger partial charge in [0.25, 0.3) is 0 Å². The van der Waals surface area contributed by atoms with E-state index >= 15 is 0 Å². The van der Waals surface area contributed by atoms with Crippen LogP contribution in [0.3, 0.4) is 0 Å². The molecule has 0 aliphatic rings. The van der Waals surface area contributed by atoms with Crippen molar-refractivity contribution in [3.63, 3.8) is 0 Å². The van der Waals surface area contributed by atoms with Gasteiger partial charge in [0, 0.05) is 11.8 Å². The second kappa shape index (κ2) is 5.34. The minimum Gasteiger partial charge on any atom is -0.291 e. The number of aliphatic imine (C=N–C) groups is 1. The van der Waals surface area contributed by atoms with Crippen molar-refractivity contribution in [2.45, 2.75) is 53.5 Å². The van der Waals surface area contributed by atoms with Gasteiger partial charge >= 0.3 is 0 Å². The van der Waals surface area contributed by atoms with Gasteiger partial charge in [0.2, 0.25) is 0 Å². The number of hydrogen-bond donors (Lipinski definition) is 0. The van der Waals surface area contributed by atoms with Crippen molar-refractivity contribution in [2.75, 3.05) is 0 Å². The van der Waals surface area contributed by atoms with Gasteiger partial charge in [-0.25, -0.2) is 0 Å². The largest absolute Gasteiger partial charge is 0.291 e. The summed E-state index contributed by atoms with van der Waals surface area (Å²) in [6, 6.07) is 0.491. The van der Waals surface area contributed by atoms with Crippen LogP contribution in [0.5, 0.6) is 0 Å². The van der Waals surface area contributed by atoms with Crippen LogP contribution in [-0.4, -0.2) is 11.8 Å². The fourth-order valence-electron chi connectivity index (χ4n) is 0.870. The van der Waals surface area contributed by atoms with E-state index in [2.05, 4.69) is 39.6 Å². The zero-order valence-electron chi connectivity index (χ0n) is 8.52. The molecule has 0 spiro atoms. The molecule has 0 N–H and O–H groups in total. The second-order valence-electron chi connectivity index (χ2n) is 3.39. The van der Waals surface area contributed by atoms with Crippen LogP contribution in [0.2, 0.25) is 0 Å². The van der Waals surface area contributed by atoms with Crippen LogP contribution in [0.25, 0.3) is 0 Å². The molecule has 0 aromatic carbocycles. The van der Waals surface area contributed by atoms with Crippen molar-refractivity contribution >= 4 is 5.71 Å². The lowest BCUT2D eigenvalue weighted by atomic mass is 10.1. The fourth-order valence-corrected chi connectivity index (χ4v) is 0.870. The van der Waals surface area contributed by atoms with Gasteiger partial charge < -0.3 is 0 Å². The van der Waals surface area contributed by atoms with Gasteiger partial charge in [-0.3, -0.25) is 4.99 Å². The molecule has 0 saturated carbocycles. The first-order valence-corrected chi connectivity index (χ1v) is 4.67. The van der Waals surface area contributed by atoms with Gasteiger partial charge in [-0.15, -0.1) is 0 Å². The first-order chi connectivity index (χ1) is 5.11. The van der Waals surface area contributed by atoms with Crippen LogP contribution < -0.4 is 0 Å². The SMILES string of the molecule is CCC(CC)=NC(C)C(C)C. The van der Waals surface area contributed by atoms with Gasteiger partial charge in [-0.2, -0.15) is 0 Å². The monoisotopic (exact) mass is 155 g/mol. The highest BCUT2D eigenvalue weighted by Crippen LogP contribution is 2.07. The minimum absolute atomic E-state index is 0.491. The molecule has 1 nitrogen and oxygen atoms in total. The van der Waals surface area contributed by atoms with E-state index in [1.807, 2.05) is 0 Å². The third kappa shape index (κ3) is 4.18. The quantitative estimate of drug-likeness (QED) is 0.552. The van der Waals surface area contributed by atoms with E-state index in [9.17, 15) is 0 Å². The Hall–Kier alpha value is -0.330. The van der Waals surface area contributed by atoms with Crippen molar-refractivity contribution in [1.82, 2.24) is 0 Å². The highest BCUT2D eigenvalue weighted by atomic mass is 14.8. The van der Waals surface area contributed by atoms with Crippen molar-refractivity contribution in [3.8, 4) is 0 Å². The van der Waals surface area contributed by atoms with Gasteiger partial charge in [0.05, 0.1) is 0 Å². The summed E-state index contributed by atoms with van der Waals surface area (Å²) in [5.41, 5.74) is 1.35. The topological polar surface area (TPSA) is 12.4 Å². The van der Waals surface area contributed by atoms with Crippen molar-refractivity contribution in [1.29, 1.82) is 0 Å². The van der Waals surface area contributed by atoms with Crippen LogP contribution in [0.15, 0.2) is 4.99 Å². The molecule has 0 aromatic heterocycles. The summed E-state index contributed by atoms with van der Waals surface area (Å²) in [5.74, 6) is 0.670. The van der Waals surface area contributed by atoms with Crippen molar-refractivity contribution in [2.24, 2.45) is 10.9 Å². The van der Waals surface area contributed by atoms with E-state index in [1.54, 1.807) is 0 Å². The van der Waals surface area contributed by atoms with E-state index in [-0.39, 0.29) is 0 Å². The van der Waals surface area contributed by atoms with Crippen LogP contribution in [0.4, 0.5) is 0 Å². The molecule has 0 aromatic rings. The lowest BCUT2D eigenvalue weighted by Crippen LogP contribution is -2.10. The average molecular weight is 155 g/mol. The highest BCUT2D eigenvalue weighted by molar-refractivity contribution is 5.84. The van der Waals surface area contributed by atoms with Crippen LogP contribution in [0.1, 0.15) is 47.5 Å². The minimum atomic E-state index is 0.491. The molecule has 0 rings (SSSR count). The molecular weight excluding hydrogens is 134 g/mol. The Morgan fingerprint density at radius 1 is 1.09 bits per heavy atom. The maximum atomic E-state index is 4.63. The molecule has 0 aliphatic carbocycles. The average Bonchev–Trinajstić information content (AvgIpc) is 1.99. The van der Waals surface area contributed by atoms with Gasteiger partial charge in [0.1, 0.15) is 0 Å². The first kappa shape index (κ1) is 10.7. The van der Waals surface area contributed by atoms with E-state index in [1.165, 1.54) is 5.71 Å². The summed E-state index contributed by atoms with van der Waals surface area (Å²) in [5, 5.41) is 0. The predicted molar refractivity (Wildman–Crippen MR) is 52.3 cm³/mol. The number of hydrogen-bond acceptors (Lipinski definition) is 1. The van der Waals surface area contributed by atoms with Gasteiger partial charge in [-0.05, 0) is 25.7 Å². The van der Waals surface area contributed by atoms with E-state index in [0.717, 1.165) is 12.8 Å². The van der Waals surface area contributed by atoms with Crippen LogP contribution in [-0.2, 0) is 0 Å². The van der Waals surface area contributed by atoms with Crippen LogP contribution >= 0.6 is 0 Å². The van der Waals surface area contributed by atoms with E-state index < -0.39 is 0 Å². The van der Waals surface area contributed by atoms with E-state index in [4.69, 9.17) is 0 Å².